The number of nitrogens with one attached hydrogen (secondary N) is 1. The van der Waals surface area contributed by atoms with E-state index in [4.69, 9.17) is 9.26 Å². The number of aromatic nitrogens is 2. The van der Waals surface area contributed by atoms with E-state index in [0.717, 1.165) is 25.3 Å². The topological polar surface area (TPSA) is 60.2 Å². The molecule has 0 spiro atoms. The lowest BCUT2D eigenvalue weighted by Crippen LogP contribution is -2.43. The third kappa shape index (κ3) is 3.02. The molecule has 1 unspecified atom stereocenters. The minimum absolute atomic E-state index is 0.0247. The van der Waals surface area contributed by atoms with Crippen LogP contribution in [0.15, 0.2) is 4.52 Å². The second kappa shape index (κ2) is 4.51. The third-order valence-electron chi connectivity index (χ3n) is 2.82. The highest BCUT2D eigenvalue weighted by Crippen LogP contribution is 2.23. The van der Waals surface area contributed by atoms with Crippen LogP contribution in [0.5, 0.6) is 0 Å². The minimum atomic E-state index is -0.0247. The molecule has 0 aliphatic carbocycles. The van der Waals surface area contributed by atoms with Crippen LogP contribution in [0.1, 0.15) is 38.4 Å². The van der Waals surface area contributed by atoms with E-state index in [0.29, 0.717) is 18.5 Å². The fourth-order valence-electron chi connectivity index (χ4n) is 2.05. The van der Waals surface area contributed by atoms with Gasteiger partial charge in [-0.05, 0) is 26.7 Å². The van der Waals surface area contributed by atoms with Crippen LogP contribution < -0.4 is 5.32 Å². The van der Waals surface area contributed by atoms with Crippen molar-refractivity contribution in [3.05, 3.63) is 11.7 Å². The number of aryl methyl sites for hydroxylation is 1. The summed E-state index contributed by atoms with van der Waals surface area (Å²) >= 11 is 0. The Morgan fingerprint density at radius 1 is 1.50 bits per heavy atom. The number of ether oxygens (including phenoxy) is 1. The summed E-state index contributed by atoms with van der Waals surface area (Å²) in [6.45, 7) is 7.53. The van der Waals surface area contributed by atoms with Gasteiger partial charge in [-0.25, -0.2) is 0 Å². The largest absolute Gasteiger partial charge is 0.375 e. The van der Waals surface area contributed by atoms with Crippen molar-refractivity contribution in [2.24, 2.45) is 0 Å². The van der Waals surface area contributed by atoms with Gasteiger partial charge in [0.15, 0.2) is 5.82 Å². The van der Waals surface area contributed by atoms with E-state index in [9.17, 15) is 0 Å². The Labute approximate surface area is 95.6 Å². The zero-order valence-electron chi connectivity index (χ0n) is 10.1. The molecule has 5 heteroatoms. The predicted molar refractivity (Wildman–Crippen MR) is 58.9 cm³/mol. The Bertz CT molecular complexity index is 349. The first kappa shape index (κ1) is 11.5. The van der Waals surface area contributed by atoms with E-state index >= 15 is 0 Å². The molecule has 2 rings (SSSR count). The molecule has 1 saturated heterocycles. The van der Waals surface area contributed by atoms with Crippen molar-refractivity contribution in [3.8, 4) is 0 Å². The molecular formula is C11H19N3O2. The summed E-state index contributed by atoms with van der Waals surface area (Å²) < 4.78 is 10.6. The van der Waals surface area contributed by atoms with Gasteiger partial charge in [0.1, 0.15) is 0 Å². The first-order valence-electron chi connectivity index (χ1n) is 5.72. The van der Waals surface area contributed by atoms with Gasteiger partial charge in [0.05, 0.1) is 12.1 Å². The summed E-state index contributed by atoms with van der Waals surface area (Å²) in [6, 6.07) is 0.475. The lowest BCUT2D eigenvalue weighted by Gasteiger charge is -2.35. The van der Waals surface area contributed by atoms with Crippen molar-refractivity contribution in [1.29, 1.82) is 0 Å². The Hall–Kier alpha value is -0.940. The average Bonchev–Trinajstić information content (AvgIpc) is 2.60. The number of hydrogen-bond acceptors (Lipinski definition) is 5. The maximum Gasteiger partial charge on any atom is 0.223 e. The van der Waals surface area contributed by atoms with Crippen LogP contribution in [0.4, 0.5) is 0 Å². The van der Waals surface area contributed by atoms with Gasteiger partial charge in [0.2, 0.25) is 5.89 Å². The molecule has 0 amide bonds. The second-order valence-electron chi connectivity index (χ2n) is 4.91. The second-order valence-corrected chi connectivity index (χ2v) is 4.91. The van der Waals surface area contributed by atoms with Crippen molar-refractivity contribution < 1.29 is 9.26 Å². The van der Waals surface area contributed by atoms with E-state index in [-0.39, 0.29) is 5.60 Å². The Morgan fingerprint density at radius 2 is 2.31 bits per heavy atom. The molecule has 1 atom stereocenters. The first-order valence-corrected chi connectivity index (χ1v) is 5.72. The zero-order chi connectivity index (χ0) is 11.6. The molecule has 1 aromatic heterocycles. The van der Waals surface area contributed by atoms with Gasteiger partial charge >= 0.3 is 0 Å². The molecule has 1 aromatic rings. The normalized spacial score (nSPS) is 24.6. The van der Waals surface area contributed by atoms with Crippen LogP contribution in [0, 0.1) is 6.92 Å². The van der Waals surface area contributed by atoms with Crippen LogP contribution in [0.3, 0.4) is 0 Å². The molecule has 1 fully saturated rings. The van der Waals surface area contributed by atoms with Crippen LogP contribution in [-0.2, 0) is 11.3 Å². The van der Waals surface area contributed by atoms with Crippen molar-refractivity contribution in [3.63, 3.8) is 0 Å². The predicted octanol–water partition coefficient (Wildman–Crippen LogP) is 1.43. The zero-order valence-corrected chi connectivity index (χ0v) is 10.1. The van der Waals surface area contributed by atoms with Crippen LogP contribution in [0.2, 0.25) is 0 Å². The fraction of sp³-hybridized carbons (Fsp3) is 0.818. The maximum atomic E-state index is 5.66. The highest BCUT2D eigenvalue weighted by Gasteiger charge is 2.28. The summed E-state index contributed by atoms with van der Waals surface area (Å²) in [5.41, 5.74) is -0.0247. The van der Waals surface area contributed by atoms with Gasteiger partial charge in [-0.3, -0.25) is 0 Å². The Morgan fingerprint density at radius 3 is 2.94 bits per heavy atom. The average molecular weight is 225 g/mol. The number of rotatable bonds is 3. The van der Waals surface area contributed by atoms with Gasteiger partial charge in [0.25, 0.3) is 0 Å². The Balaban J connectivity index is 1.82. The standard InChI is InChI=1S/C11H19N3O2/c1-8-13-10(14-16-8)7-12-9-4-5-15-11(2,3)6-9/h9,12H,4-7H2,1-3H3. The van der Waals surface area contributed by atoms with Crippen LogP contribution >= 0.6 is 0 Å². The van der Waals surface area contributed by atoms with Gasteiger partial charge in [-0.1, -0.05) is 5.16 Å². The molecule has 5 nitrogen and oxygen atoms in total. The highest BCUT2D eigenvalue weighted by atomic mass is 16.5. The van der Waals surface area contributed by atoms with E-state index in [1.165, 1.54) is 0 Å². The molecule has 0 saturated carbocycles. The smallest absolute Gasteiger partial charge is 0.223 e. The molecule has 16 heavy (non-hydrogen) atoms. The van der Waals surface area contributed by atoms with Crippen molar-refractivity contribution in [2.45, 2.75) is 51.8 Å². The van der Waals surface area contributed by atoms with Crippen molar-refractivity contribution in [1.82, 2.24) is 15.5 Å². The summed E-state index contributed by atoms with van der Waals surface area (Å²) in [4.78, 5) is 4.16. The molecule has 0 radical (unpaired) electrons. The van der Waals surface area contributed by atoms with E-state index in [1.807, 2.05) is 0 Å². The fourth-order valence-corrected chi connectivity index (χ4v) is 2.05. The van der Waals surface area contributed by atoms with Crippen LogP contribution in [-0.4, -0.2) is 28.4 Å². The van der Waals surface area contributed by atoms with Gasteiger partial charge in [-0.2, -0.15) is 4.98 Å². The van der Waals surface area contributed by atoms with E-state index < -0.39 is 0 Å². The molecule has 1 N–H and O–H groups in total. The molecule has 90 valence electrons. The van der Waals surface area contributed by atoms with Crippen molar-refractivity contribution >= 4 is 0 Å². The molecule has 0 bridgehead atoms. The minimum Gasteiger partial charge on any atom is -0.375 e. The molecular weight excluding hydrogens is 206 g/mol. The summed E-state index contributed by atoms with van der Waals surface area (Å²) in [5, 5.41) is 7.30. The molecule has 0 aromatic carbocycles. The lowest BCUT2D eigenvalue weighted by atomic mass is 9.94. The highest BCUT2D eigenvalue weighted by molar-refractivity contribution is 4.87. The van der Waals surface area contributed by atoms with Crippen molar-refractivity contribution in [2.75, 3.05) is 6.61 Å². The number of nitrogens with zero attached hydrogens (tertiary/aromatic N) is 2. The van der Waals surface area contributed by atoms with Gasteiger partial charge < -0.3 is 14.6 Å². The first-order chi connectivity index (χ1) is 7.55. The molecule has 1 aliphatic heterocycles. The third-order valence-corrected chi connectivity index (χ3v) is 2.82. The number of hydrogen-bond donors (Lipinski definition) is 1. The quantitative estimate of drug-likeness (QED) is 0.843. The molecule has 2 heterocycles. The summed E-state index contributed by atoms with van der Waals surface area (Å²) in [5.74, 6) is 1.34. The van der Waals surface area contributed by atoms with Gasteiger partial charge in [-0.15, -0.1) is 0 Å². The van der Waals surface area contributed by atoms with E-state index in [1.54, 1.807) is 6.92 Å². The lowest BCUT2D eigenvalue weighted by molar-refractivity contribution is -0.0631. The summed E-state index contributed by atoms with van der Waals surface area (Å²) in [6.07, 6.45) is 2.06. The maximum absolute atomic E-state index is 5.66. The van der Waals surface area contributed by atoms with E-state index in [2.05, 4.69) is 29.3 Å². The van der Waals surface area contributed by atoms with Gasteiger partial charge in [0, 0.05) is 19.6 Å². The Kier molecular flexibility index (Phi) is 3.25. The van der Waals surface area contributed by atoms with Crippen LogP contribution in [0.25, 0.3) is 0 Å². The molecule has 1 aliphatic rings. The SMILES string of the molecule is Cc1nc(CNC2CCOC(C)(C)C2)no1. The summed E-state index contributed by atoms with van der Waals surface area (Å²) in [7, 11) is 0. The monoisotopic (exact) mass is 225 g/mol.